The molecule has 2 heterocycles. The molecule has 1 atom stereocenters. The smallest absolute Gasteiger partial charge is 0.246 e. The molecule has 164 valence electrons. The van der Waals surface area contributed by atoms with Crippen molar-refractivity contribution in [3.63, 3.8) is 0 Å². The second kappa shape index (κ2) is 8.32. The summed E-state index contributed by atoms with van der Waals surface area (Å²) in [7, 11) is 0. The first-order chi connectivity index (χ1) is 15.4. The molecule has 1 unspecified atom stereocenters. The number of ether oxygens (including phenoxy) is 1. The maximum atomic E-state index is 11.4. The van der Waals surface area contributed by atoms with E-state index in [1.807, 2.05) is 19.1 Å². The molecule has 2 saturated carbocycles. The number of pyridine rings is 1. The topological polar surface area (TPSA) is 97.2 Å². The number of rotatable bonds is 6. The summed E-state index contributed by atoms with van der Waals surface area (Å²) in [6.07, 6.45) is 4.25. The van der Waals surface area contributed by atoms with E-state index in [4.69, 9.17) is 16.3 Å². The summed E-state index contributed by atoms with van der Waals surface area (Å²) in [5, 5.41) is 3.54. The molecular weight excluding hydrogens is 448 g/mol. The van der Waals surface area contributed by atoms with Crippen molar-refractivity contribution in [3.8, 4) is 17.7 Å². The number of hydrogen-bond acceptors (Lipinski definition) is 6. The Kier molecular flexibility index (Phi) is 5.49. The lowest BCUT2D eigenvalue weighted by atomic mass is 10.2. The summed E-state index contributed by atoms with van der Waals surface area (Å²) >= 11 is 3.97. The number of hydrogen-bond donors (Lipinski definition) is 2. The van der Waals surface area contributed by atoms with Gasteiger partial charge in [-0.05, 0) is 74.4 Å². The third kappa shape index (κ3) is 5.01. The molecule has 0 amide bonds. The lowest BCUT2D eigenvalue weighted by molar-refractivity contribution is 0.194. The monoisotopic (exact) mass is 468 g/mol. The lowest BCUT2D eigenvalue weighted by Crippen LogP contribution is -2.15. The number of fused-ring (bicyclic) bond motifs is 1. The van der Waals surface area contributed by atoms with Gasteiger partial charge in [0.25, 0.3) is 0 Å². The highest BCUT2D eigenvalue weighted by Crippen LogP contribution is 2.40. The third-order valence-electron chi connectivity index (χ3n) is 5.37. The van der Waals surface area contributed by atoms with Crippen LogP contribution in [0.15, 0.2) is 35.2 Å². The second-order valence-corrected chi connectivity index (χ2v) is 9.82. The van der Waals surface area contributed by atoms with Gasteiger partial charge in [-0.3, -0.25) is 0 Å². The van der Waals surface area contributed by atoms with Gasteiger partial charge in [0, 0.05) is 17.5 Å². The van der Waals surface area contributed by atoms with E-state index in [-0.39, 0.29) is 10.5 Å². The molecule has 0 radical (unpaired) electrons. The van der Waals surface area contributed by atoms with Crippen LogP contribution >= 0.6 is 11.6 Å². The fourth-order valence-electron chi connectivity index (χ4n) is 3.13. The summed E-state index contributed by atoms with van der Waals surface area (Å²) in [5.41, 5.74) is 2.43. The molecule has 2 aliphatic rings. The molecule has 32 heavy (non-hydrogen) atoms. The van der Waals surface area contributed by atoms with Gasteiger partial charge in [-0.2, -0.15) is 4.98 Å². The van der Waals surface area contributed by atoms with Crippen LogP contribution in [0.4, 0.5) is 5.95 Å². The van der Waals surface area contributed by atoms with Crippen LogP contribution in [-0.4, -0.2) is 29.3 Å². The Hall–Kier alpha value is -2.73. The fourth-order valence-corrected chi connectivity index (χ4v) is 3.93. The predicted octanol–water partition coefficient (Wildman–Crippen LogP) is 4.56. The van der Waals surface area contributed by atoms with Crippen molar-refractivity contribution >= 4 is 39.7 Å². The average Bonchev–Trinajstić information content (AvgIpc) is 3.69. The highest BCUT2D eigenvalue weighted by molar-refractivity contribution is 7.79. The quantitative estimate of drug-likeness (QED) is 0.404. The van der Waals surface area contributed by atoms with E-state index >= 15 is 0 Å². The van der Waals surface area contributed by atoms with Crippen molar-refractivity contribution in [1.29, 1.82) is 0 Å². The number of benzene rings is 1. The molecule has 0 bridgehead atoms. The zero-order valence-corrected chi connectivity index (χ0v) is 19.0. The van der Waals surface area contributed by atoms with Gasteiger partial charge in [0.1, 0.15) is 11.3 Å². The van der Waals surface area contributed by atoms with E-state index in [0.717, 1.165) is 31.2 Å². The molecule has 2 aliphatic carbocycles. The molecule has 7 nitrogen and oxygen atoms in total. The van der Waals surface area contributed by atoms with Gasteiger partial charge in [0.05, 0.1) is 10.4 Å². The Labute approximate surface area is 193 Å². The summed E-state index contributed by atoms with van der Waals surface area (Å²) in [6, 6.07) is 8.54. The van der Waals surface area contributed by atoms with Crippen LogP contribution in [0.5, 0.6) is 5.88 Å². The van der Waals surface area contributed by atoms with Crippen LogP contribution in [0.1, 0.15) is 43.9 Å². The van der Waals surface area contributed by atoms with E-state index in [2.05, 4.69) is 32.1 Å². The van der Waals surface area contributed by atoms with E-state index in [9.17, 15) is 8.76 Å². The maximum absolute atomic E-state index is 11.4. The van der Waals surface area contributed by atoms with Gasteiger partial charge in [0.15, 0.2) is 16.6 Å². The van der Waals surface area contributed by atoms with Crippen molar-refractivity contribution in [1.82, 2.24) is 15.0 Å². The number of anilines is 1. The molecule has 2 fully saturated rings. The Morgan fingerprint density at radius 2 is 2.06 bits per heavy atom. The average molecular weight is 469 g/mol. The van der Waals surface area contributed by atoms with E-state index in [0.29, 0.717) is 46.0 Å². The van der Waals surface area contributed by atoms with Crippen LogP contribution in [0.2, 0.25) is 5.02 Å². The summed E-state index contributed by atoms with van der Waals surface area (Å²) in [5.74, 6) is 7.66. The Morgan fingerprint density at radius 1 is 1.25 bits per heavy atom. The zero-order valence-electron chi connectivity index (χ0n) is 17.4. The summed E-state index contributed by atoms with van der Waals surface area (Å²) in [6.45, 7) is 2.37. The molecule has 2 aromatic heterocycles. The van der Waals surface area contributed by atoms with E-state index < -0.39 is 11.1 Å². The molecule has 9 heteroatoms. The first-order valence-corrected chi connectivity index (χ1v) is 11.9. The molecule has 2 N–H and O–H groups in total. The van der Waals surface area contributed by atoms with Gasteiger partial charge in [0.2, 0.25) is 11.8 Å². The Balaban J connectivity index is 1.45. The van der Waals surface area contributed by atoms with Gasteiger partial charge < -0.3 is 14.6 Å². The van der Waals surface area contributed by atoms with Gasteiger partial charge in [-0.25, -0.2) is 14.2 Å². The highest BCUT2D eigenvalue weighted by Gasteiger charge is 2.41. The van der Waals surface area contributed by atoms with E-state index in [1.165, 1.54) is 6.07 Å². The summed E-state index contributed by atoms with van der Waals surface area (Å²) < 4.78 is 26.9. The van der Waals surface area contributed by atoms with Crippen LogP contribution in [0.3, 0.4) is 0 Å². The van der Waals surface area contributed by atoms with Gasteiger partial charge >= 0.3 is 0 Å². The SMILES string of the molecule is CC1(Oc2nc(NCc3cc(Cl)cc(S(=O)O)c3)nc3ccc(C#CC4CC4)nc23)CC1. The second-order valence-electron chi connectivity index (χ2n) is 8.41. The number of nitrogens with one attached hydrogen (secondary N) is 1. The largest absolute Gasteiger partial charge is 0.470 e. The maximum Gasteiger partial charge on any atom is 0.246 e. The van der Waals surface area contributed by atoms with Crippen molar-refractivity contribution in [2.24, 2.45) is 5.92 Å². The summed E-state index contributed by atoms with van der Waals surface area (Å²) in [4.78, 5) is 14.0. The number of halogens is 1. The van der Waals surface area contributed by atoms with Crippen LogP contribution in [-0.2, 0) is 17.6 Å². The first kappa shape index (κ1) is 21.1. The first-order valence-electron chi connectivity index (χ1n) is 10.4. The molecule has 3 aromatic rings. The number of aromatic nitrogens is 3. The van der Waals surface area contributed by atoms with Crippen LogP contribution in [0, 0.1) is 17.8 Å². The minimum absolute atomic E-state index is 0.233. The fraction of sp³-hybridized carbons (Fsp3) is 0.348. The van der Waals surface area contributed by atoms with Gasteiger partial charge in [-0.1, -0.05) is 17.5 Å². The van der Waals surface area contributed by atoms with Crippen LogP contribution in [0.25, 0.3) is 11.0 Å². The highest BCUT2D eigenvalue weighted by atomic mass is 35.5. The minimum atomic E-state index is -2.11. The van der Waals surface area contributed by atoms with Gasteiger partial charge in [-0.15, -0.1) is 0 Å². The predicted molar refractivity (Wildman–Crippen MR) is 123 cm³/mol. The molecule has 0 saturated heterocycles. The van der Waals surface area contributed by atoms with Crippen molar-refractivity contribution in [3.05, 3.63) is 46.6 Å². The molecule has 5 rings (SSSR count). The minimum Gasteiger partial charge on any atom is -0.470 e. The molecule has 1 aromatic carbocycles. The zero-order chi connectivity index (χ0) is 22.3. The number of nitrogens with zero attached hydrogens (tertiary/aromatic N) is 3. The Bertz CT molecular complexity index is 1300. The van der Waals surface area contributed by atoms with E-state index in [1.54, 1.807) is 12.1 Å². The molecular formula is C23H21ClN4O3S. The van der Waals surface area contributed by atoms with Crippen molar-refractivity contribution in [2.75, 3.05) is 5.32 Å². The standard InChI is InChI=1S/C23H21ClN4O3S/c1-23(8-9-23)31-21-20-19(7-6-17(26-20)5-4-14-2-3-14)27-22(28-21)25-13-15-10-16(24)12-18(11-15)32(29)30/h6-7,10-12,14H,2-3,8-9,13H2,1H3,(H,29,30)(H,25,27,28). The lowest BCUT2D eigenvalue weighted by Gasteiger charge is -2.15. The third-order valence-corrected chi connectivity index (χ3v) is 6.23. The Morgan fingerprint density at radius 3 is 2.78 bits per heavy atom. The van der Waals surface area contributed by atoms with Crippen molar-refractivity contribution in [2.45, 2.75) is 49.6 Å². The van der Waals surface area contributed by atoms with Crippen molar-refractivity contribution < 1.29 is 13.5 Å². The van der Waals surface area contributed by atoms with Crippen LogP contribution < -0.4 is 10.1 Å². The molecule has 0 spiro atoms. The normalized spacial score (nSPS) is 17.3. The molecule has 0 aliphatic heterocycles.